The second-order valence-electron chi connectivity index (χ2n) is 9.30. The SMILES string of the molecule is CCc1c(-c2ccc(-n3ncn(C)c3=O)cc2)ccnc1N1C[C@H](C)N(c2cccc(C(=O)NOC)c2)C1=O. The van der Waals surface area contributed by atoms with E-state index in [0.717, 1.165) is 16.7 Å². The van der Waals surface area contributed by atoms with Gasteiger partial charge in [-0.3, -0.25) is 24.0 Å². The standard InChI is InChI=1S/C28H29N7O4/c1-5-23-24(19-9-11-21(12-10-19)35-27(37)32(3)17-30-35)13-14-29-25(23)33-16-18(2)34(28(33)38)22-8-6-7-20(15-22)26(36)31-39-4/h6-15,17-18H,5,16H2,1-4H3,(H,31,36)/t18-/m0/s1. The van der Waals surface area contributed by atoms with Gasteiger partial charge < -0.3 is 0 Å². The number of pyridine rings is 1. The Morgan fingerprint density at radius 1 is 1.10 bits per heavy atom. The van der Waals surface area contributed by atoms with Gasteiger partial charge in [-0.2, -0.15) is 9.78 Å². The van der Waals surface area contributed by atoms with Crippen LogP contribution in [0.2, 0.25) is 0 Å². The Morgan fingerprint density at radius 3 is 2.54 bits per heavy atom. The molecule has 0 bridgehead atoms. The molecule has 11 heteroatoms. The molecule has 200 valence electrons. The van der Waals surface area contributed by atoms with E-state index in [1.165, 1.54) is 22.7 Å². The van der Waals surface area contributed by atoms with Crippen molar-refractivity contribution in [3.05, 3.63) is 88.7 Å². The van der Waals surface area contributed by atoms with Gasteiger partial charge in [0.2, 0.25) is 0 Å². The number of hydroxylamine groups is 1. The van der Waals surface area contributed by atoms with E-state index < -0.39 is 5.91 Å². The number of rotatable bonds is 7. The third kappa shape index (κ3) is 4.68. The van der Waals surface area contributed by atoms with Crippen LogP contribution < -0.4 is 21.0 Å². The zero-order valence-electron chi connectivity index (χ0n) is 22.2. The van der Waals surface area contributed by atoms with Crippen LogP contribution in [0.3, 0.4) is 0 Å². The second kappa shape index (κ2) is 10.5. The van der Waals surface area contributed by atoms with Gasteiger partial charge >= 0.3 is 11.7 Å². The molecule has 0 radical (unpaired) electrons. The summed E-state index contributed by atoms with van der Waals surface area (Å²) >= 11 is 0. The van der Waals surface area contributed by atoms with Crippen molar-refractivity contribution in [2.45, 2.75) is 26.3 Å². The number of aromatic nitrogens is 4. The van der Waals surface area contributed by atoms with E-state index in [4.69, 9.17) is 4.84 Å². The molecule has 39 heavy (non-hydrogen) atoms. The van der Waals surface area contributed by atoms with Gasteiger partial charge in [0.25, 0.3) is 5.91 Å². The van der Waals surface area contributed by atoms with Gasteiger partial charge in [-0.1, -0.05) is 25.1 Å². The molecule has 1 saturated heterocycles. The predicted octanol–water partition coefficient (Wildman–Crippen LogP) is 3.32. The molecule has 3 amide bonds. The largest absolute Gasteiger partial charge is 0.350 e. The van der Waals surface area contributed by atoms with E-state index in [1.807, 2.05) is 44.2 Å². The zero-order valence-corrected chi connectivity index (χ0v) is 22.2. The fourth-order valence-electron chi connectivity index (χ4n) is 4.90. The van der Waals surface area contributed by atoms with E-state index in [1.54, 1.807) is 47.3 Å². The van der Waals surface area contributed by atoms with Crippen LogP contribution in [-0.4, -0.2) is 51.0 Å². The van der Waals surface area contributed by atoms with Crippen molar-refractivity contribution in [3.8, 4) is 16.8 Å². The van der Waals surface area contributed by atoms with Crippen LogP contribution in [0.15, 0.2) is 71.9 Å². The van der Waals surface area contributed by atoms with Crippen LogP contribution in [0.4, 0.5) is 16.3 Å². The molecule has 0 unspecified atom stereocenters. The molecule has 4 aromatic rings. The number of nitrogens with zero attached hydrogens (tertiary/aromatic N) is 6. The van der Waals surface area contributed by atoms with Crippen LogP contribution in [0.25, 0.3) is 16.8 Å². The van der Waals surface area contributed by atoms with Crippen LogP contribution in [0, 0.1) is 0 Å². The van der Waals surface area contributed by atoms with E-state index >= 15 is 0 Å². The zero-order chi connectivity index (χ0) is 27.7. The van der Waals surface area contributed by atoms with E-state index in [9.17, 15) is 14.4 Å². The highest BCUT2D eigenvalue weighted by molar-refractivity contribution is 6.07. The summed E-state index contributed by atoms with van der Waals surface area (Å²) < 4.78 is 2.76. The molecule has 3 heterocycles. The van der Waals surface area contributed by atoms with Gasteiger partial charge in [-0.25, -0.2) is 20.1 Å². The highest BCUT2D eigenvalue weighted by Gasteiger charge is 2.38. The minimum Gasteiger partial charge on any atom is -0.289 e. The maximum atomic E-state index is 13.7. The summed E-state index contributed by atoms with van der Waals surface area (Å²) in [5.74, 6) is 0.213. The van der Waals surface area contributed by atoms with Crippen molar-refractivity contribution >= 4 is 23.4 Å². The third-order valence-corrected chi connectivity index (χ3v) is 6.79. The van der Waals surface area contributed by atoms with Crippen molar-refractivity contribution in [1.29, 1.82) is 0 Å². The summed E-state index contributed by atoms with van der Waals surface area (Å²) in [7, 11) is 3.02. The number of nitrogens with one attached hydrogen (secondary N) is 1. The molecule has 1 N–H and O–H groups in total. The number of hydrogen-bond acceptors (Lipinski definition) is 6. The Labute approximate surface area is 225 Å². The number of aryl methyl sites for hydroxylation is 1. The lowest BCUT2D eigenvalue weighted by atomic mass is 9.98. The summed E-state index contributed by atoms with van der Waals surface area (Å²) in [5.41, 5.74) is 6.59. The number of amides is 3. The second-order valence-corrected chi connectivity index (χ2v) is 9.30. The topological polar surface area (TPSA) is 115 Å². The summed E-state index contributed by atoms with van der Waals surface area (Å²) in [6.07, 6.45) is 3.84. The minimum atomic E-state index is -0.392. The van der Waals surface area contributed by atoms with Gasteiger partial charge in [-0.05, 0) is 60.9 Å². The minimum absolute atomic E-state index is 0.149. The van der Waals surface area contributed by atoms with Gasteiger partial charge in [0.1, 0.15) is 12.1 Å². The first kappa shape index (κ1) is 25.9. The van der Waals surface area contributed by atoms with Crippen LogP contribution >= 0.6 is 0 Å². The summed E-state index contributed by atoms with van der Waals surface area (Å²) in [4.78, 5) is 51.0. The van der Waals surface area contributed by atoms with Crippen molar-refractivity contribution in [2.75, 3.05) is 23.5 Å². The molecule has 1 atom stereocenters. The van der Waals surface area contributed by atoms with Crippen LogP contribution in [0.5, 0.6) is 0 Å². The van der Waals surface area contributed by atoms with Gasteiger partial charge in [0, 0.05) is 36.6 Å². The normalized spacial score (nSPS) is 15.2. The average molecular weight is 528 g/mol. The molecule has 1 fully saturated rings. The maximum Gasteiger partial charge on any atom is 0.350 e. The van der Waals surface area contributed by atoms with E-state index in [2.05, 4.69) is 15.6 Å². The first-order chi connectivity index (χ1) is 18.8. The molecule has 2 aromatic carbocycles. The number of carbonyl (C=O) groups is 2. The van der Waals surface area contributed by atoms with Crippen LogP contribution in [-0.2, 0) is 18.3 Å². The van der Waals surface area contributed by atoms with Crippen LogP contribution in [0.1, 0.15) is 29.8 Å². The van der Waals surface area contributed by atoms with Gasteiger partial charge in [0.05, 0.1) is 18.8 Å². The smallest absolute Gasteiger partial charge is 0.289 e. The molecular formula is C28H29N7O4. The van der Waals surface area contributed by atoms with E-state index in [-0.39, 0.29) is 17.8 Å². The van der Waals surface area contributed by atoms with Crippen molar-refractivity contribution < 1.29 is 14.4 Å². The molecule has 0 aliphatic carbocycles. The number of anilines is 2. The Bertz CT molecular complexity index is 1590. The maximum absolute atomic E-state index is 13.7. The van der Waals surface area contributed by atoms with Crippen molar-refractivity contribution in [2.24, 2.45) is 7.05 Å². The molecular weight excluding hydrogens is 498 g/mol. The average Bonchev–Trinajstić information content (AvgIpc) is 3.45. The van der Waals surface area contributed by atoms with Gasteiger partial charge in [0.15, 0.2) is 0 Å². The van der Waals surface area contributed by atoms with Crippen molar-refractivity contribution in [3.63, 3.8) is 0 Å². The lowest BCUT2D eigenvalue weighted by Gasteiger charge is -2.22. The molecule has 1 aliphatic heterocycles. The monoisotopic (exact) mass is 527 g/mol. The Balaban J connectivity index is 1.46. The fraction of sp³-hybridized carbons (Fsp3) is 0.250. The number of urea groups is 1. The summed E-state index contributed by atoms with van der Waals surface area (Å²) in [5, 5.41) is 4.14. The van der Waals surface area contributed by atoms with E-state index in [0.29, 0.717) is 35.7 Å². The summed E-state index contributed by atoms with van der Waals surface area (Å²) in [6.45, 7) is 4.44. The highest BCUT2D eigenvalue weighted by Crippen LogP contribution is 2.35. The first-order valence-electron chi connectivity index (χ1n) is 12.6. The number of benzene rings is 2. The Kier molecular flexibility index (Phi) is 6.99. The number of carbonyl (C=O) groups excluding carboxylic acids is 2. The Hall–Kier alpha value is -4.77. The molecule has 0 spiro atoms. The molecule has 11 nitrogen and oxygen atoms in total. The van der Waals surface area contributed by atoms with Gasteiger partial charge in [-0.15, -0.1) is 0 Å². The highest BCUT2D eigenvalue weighted by atomic mass is 16.6. The lowest BCUT2D eigenvalue weighted by molar-refractivity contribution is 0.0537. The third-order valence-electron chi connectivity index (χ3n) is 6.79. The molecule has 1 aliphatic rings. The predicted molar refractivity (Wildman–Crippen MR) is 147 cm³/mol. The fourth-order valence-corrected chi connectivity index (χ4v) is 4.90. The lowest BCUT2D eigenvalue weighted by Crippen LogP contribution is -2.34. The number of hydrogen-bond donors (Lipinski definition) is 1. The van der Waals surface area contributed by atoms with Crippen molar-refractivity contribution in [1.82, 2.24) is 24.8 Å². The first-order valence-corrected chi connectivity index (χ1v) is 12.6. The quantitative estimate of drug-likeness (QED) is 0.369. The molecule has 2 aromatic heterocycles. The molecule has 5 rings (SSSR count). The Morgan fingerprint density at radius 2 is 1.87 bits per heavy atom. The summed E-state index contributed by atoms with van der Waals surface area (Å²) in [6, 6.07) is 16.0. The molecule has 0 saturated carbocycles.